The fraction of sp³-hybridized carbons (Fsp3) is 0.438. The highest BCUT2D eigenvalue weighted by Gasteiger charge is 2.31. The predicted octanol–water partition coefficient (Wildman–Crippen LogP) is 2.33. The molecule has 0 spiro atoms. The molecular weight excluding hydrogens is 282 g/mol. The van der Waals surface area contributed by atoms with Crippen molar-refractivity contribution in [2.45, 2.75) is 19.8 Å². The van der Waals surface area contributed by atoms with Gasteiger partial charge >= 0.3 is 12.0 Å². The number of nitrogens with zero attached hydrogens (tertiary/aromatic N) is 2. The van der Waals surface area contributed by atoms with Crippen LogP contribution in [0.15, 0.2) is 24.3 Å². The monoisotopic (exact) mass is 301 g/mol. The average molecular weight is 301 g/mol. The Labute approximate surface area is 129 Å². The lowest BCUT2D eigenvalue weighted by molar-refractivity contribution is -0.143. The van der Waals surface area contributed by atoms with Crippen molar-refractivity contribution >= 4 is 17.7 Å². The van der Waals surface area contributed by atoms with Gasteiger partial charge in [-0.05, 0) is 30.0 Å². The maximum atomic E-state index is 12.3. The molecule has 6 nitrogen and oxygen atoms in total. The number of hydrogen-bond donors (Lipinski definition) is 2. The summed E-state index contributed by atoms with van der Waals surface area (Å²) in [7, 11) is 0. The fourth-order valence-electron chi connectivity index (χ4n) is 2.70. The SMILES string of the molecule is CC1CC(C(=O)O)CN(C(=O)Nc2ccc(CC#N)cc2)C1. The molecular formula is C16H19N3O3. The van der Waals surface area contributed by atoms with Crippen molar-refractivity contribution in [3.05, 3.63) is 29.8 Å². The van der Waals surface area contributed by atoms with Gasteiger partial charge in [-0.15, -0.1) is 0 Å². The van der Waals surface area contributed by atoms with E-state index < -0.39 is 11.9 Å². The maximum absolute atomic E-state index is 12.3. The van der Waals surface area contributed by atoms with Crippen LogP contribution in [0.5, 0.6) is 0 Å². The van der Waals surface area contributed by atoms with E-state index in [1.165, 1.54) is 0 Å². The van der Waals surface area contributed by atoms with E-state index in [0.717, 1.165) is 5.56 Å². The van der Waals surface area contributed by atoms with Crippen LogP contribution in [0, 0.1) is 23.2 Å². The molecule has 1 fully saturated rings. The lowest BCUT2D eigenvalue weighted by Crippen LogP contribution is -2.47. The second-order valence-corrected chi connectivity index (χ2v) is 5.74. The van der Waals surface area contributed by atoms with E-state index in [2.05, 4.69) is 11.4 Å². The fourth-order valence-corrected chi connectivity index (χ4v) is 2.70. The first-order valence-corrected chi connectivity index (χ1v) is 7.24. The van der Waals surface area contributed by atoms with Gasteiger partial charge in [-0.1, -0.05) is 19.1 Å². The number of rotatable bonds is 3. The van der Waals surface area contributed by atoms with Crippen LogP contribution in [0.3, 0.4) is 0 Å². The molecule has 2 amide bonds. The van der Waals surface area contributed by atoms with Crippen molar-refractivity contribution in [2.75, 3.05) is 18.4 Å². The van der Waals surface area contributed by atoms with Crippen LogP contribution in [0.25, 0.3) is 0 Å². The number of carbonyl (C=O) groups excluding carboxylic acids is 1. The number of aliphatic carboxylic acids is 1. The van der Waals surface area contributed by atoms with Gasteiger partial charge in [0.2, 0.25) is 0 Å². The standard InChI is InChI=1S/C16H19N3O3/c1-11-8-13(15(20)21)10-19(9-11)16(22)18-14-4-2-12(3-5-14)6-7-17/h2-5,11,13H,6,8-10H2,1H3,(H,18,22)(H,20,21). The minimum absolute atomic E-state index is 0.165. The van der Waals surface area contributed by atoms with Crippen molar-refractivity contribution in [3.63, 3.8) is 0 Å². The number of likely N-dealkylation sites (tertiary alicyclic amines) is 1. The molecule has 2 atom stereocenters. The minimum atomic E-state index is -0.856. The molecule has 1 aliphatic heterocycles. The Balaban J connectivity index is 1.99. The third-order valence-electron chi connectivity index (χ3n) is 3.78. The topological polar surface area (TPSA) is 93.4 Å². The predicted molar refractivity (Wildman–Crippen MR) is 81.3 cm³/mol. The third kappa shape index (κ3) is 3.98. The lowest BCUT2D eigenvalue weighted by atomic mass is 9.91. The van der Waals surface area contributed by atoms with E-state index in [0.29, 0.717) is 25.1 Å². The Morgan fingerprint density at radius 1 is 1.36 bits per heavy atom. The maximum Gasteiger partial charge on any atom is 0.321 e. The number of anilines is 1. The van der Waals surface area contributed by atoms with Crippen LogP contribution in [0.1, 0.15) is 18.9 Å². The zero-order valence-corrected chi connectivity index (χ0v) is 12.5. The van der Waals surface area contributed by atoms with E-state index in [9.17, 15) is 9.59 Å². The number of nitriles is 1. The van der Waals surface area contributed by atoms with Gasteiger partial charge in [0.1, 0.15) is 0 Å². The summed E-state index contributed by atoms with van der Waals surface area (Å²) in [6, 6.07) is 8.84. The Kier molecular flexibility index (Phi) is 4.99. The molecule has 2 rings (SSSR count). The van der Waals surface area contributed by atoms with Gasteiger partial charge in [0.15, 0.2) is 0 Å². The highest BCUT2D eigenvalue weighted by molar-refractivity contribution is 5.89. The number of urea groups is 1. The summed E-state index contributed by atoms with van der Waals surface area (Å²) in [5.74, 6) is -1.20. The number of carboxylic acids is 1. The smallest absolute Gasteiger partial charge is 0.321 e. The Morgan fingerprint density at radius 2 is 2.05 bits per heavy atom. The number of piperidine rings is 1. The zero-order valence-electron chi connectivity index (χ0n) is 12.5. The van der Waals surface area contributed by atoms with Crippen LogP contribution < -0.4 is 5.32 Å². The van der Waals surface area contributed by atoms with E-state index in [1.54, 1.807) is 29.2 Å². The molecule has 0 bridgehead atoms. The number of nitrogens with one attached hydrogen (secondary N) is 1. The Bertz CT molecular complexity index is 592. The van der Waals surface area contributed by atoms with Crippen molar-refractivity contribution < 1.29 is 14.7 Å². The van der Waals surface area contributed by atoms with Crippen LogP contribution in [-0.4, -0.2) is 35.1 Å². The van der Waals surface area contributed by atoms with Gasteiger partial charge in [-0.3, -0.25) is 4.79 Å². The first kappa shape index (κ1) is 15.8. The summed E-state index contributed by atoms with van der Waals surface area (Å²) in [6.45, 7) is 2.74. The zero-order chi connectivity index (χ0) is 16.1. The molecule has 1 aromatic carbocycles. The van der Waals surface area contributed by atoms with Crippen LogP contribution in [-0.2, 0) is 11.2 Å². The largest absolute Gasteiger partial charge is 0.481 e. The molecule has 0 saturated carbocycles. The van der Waals surface area contributed by atoms with Crippen LogP contribution in [0.4, 0.5) is 10.5 Å². The molecule has 2 N–H and O–H groups in total. The van der Waals surface area contributed by atoms with Gasteiger partial charge in [0, 0.05) is 18.8 Å². The number of carboxylic acid groups (broad SMARTS) is 1. The molecule has 22 heavy (non-hydrogen) atoms. The first-order valence-electron chi connectivity index (χ1n) is 7.24. The lowest BCUT2D eigenvalue weighted by Gasteiger charge is -2.34. The van der Waals surface area contributed by atoms with Gasteiger partial charge in [0.25, 0.3) is 0 Å². The molecule has 1 aromatic rings. The average Bonchev–Trinajstić information content (AvgIpc) is 2.49. The molecule has 116 valence electrons. The second-order valence-electron chi connectivity index (χ2n) is 5.74. The molecule has 6 heteroatoms. The molecule has 2 unspecified atom stereocenters. The van der Waals surface area contributed by atoms with E-state index in [1.807, 2.05) is 6.92 Å². The van der Waals surface area contributed by atoms with Crippen LogP contribution in [0.2, 0.25) is 0 Å². The molecule has 0 radical (unpaired) electrons. The highest BCUT2D eigenvalue weighted by atomic mass is 16.4. The second kappa shape index (κ2) is 6.94. The van der Waals surface area contributed by atoms with Crippen molar-refractivity contribution in [1.82, 2.24) is 4.90 Å². The summed E-state index contributed by atoms with van der Waals surface area (Å²) < 4.78 is 0. The molecule has 0 aliphatic carbocycles. The van der Waals surface area contributed by atoms with Crippen LogP contribution >= 0.6 is 0 Å². The van der Waals surface area contributed by atoms with Crippen molar-refractivity contribution in [2.24, 2.45) is 11.8 Å². The quantitative estimate of drug-likeness (QED) is 0.896. The molecule has 1 heterocycles. The third-order valence-corrected chi connectivity index (χ3v) is 3.78. The van der Waals surface area contributed by atoms with Gasteiger partial charge < -0.3 is 15.3 Å². The molecule has 0 aromatic heterocycles. The number of carbonyl (C=O) groups is 2. The summed E-state index contributed by atoms with van der Waals surface area (Å²) >= 11 is 0. The normalized spacial score (nSPS) is 21.0. The van der Waals surface area contributed by atoms with Crippen molar-refractivity contribution in [1.29, 1.82) is 5.26 Å². The van der Waals surface area contributed by atoms with E-state index >= 15 is 0 Å². The van der Waals surface area contributed by atoms with E-state index in [-0.39, 0.29) is 18.5 Å². The molecule has 1 aliphatic rings. The van der Waals surface area contributed by atoms with Gasteiger partial charge in [-0.2, -0.15) is 5.26 Å². The number of hydrogen-bond acceptors (Lipinski definition) is 3. The summed E-state index contributed by atoms with van der Waals surface area (Å²) in [5.41, 5.74) is 1.52. The molecule has 1 saturated heterocycles. The number of benzene rings is 1. The number of amides is 2. The summed E-state index contributed by atoms with van der Waals surface area (Å²) in [6.07, 6.45) is 0.931. The van der Waals surface area contributed by atoms with Crippen molar-refractivity contribution in [3.8, 4) is 6.07 Å². The Hall–Kier alpha value is -2.55. The minimum Gasteiger partial charge on any atom is -0.481 e. The summed E-state index contributed by atoms with van der Waals surface area (Å²) in [4.78, 5) is 25.0. The van der Waals surface area contributed by atoms with E-state index in [4.69, 9.17) is 10.4 Å². The highest BCUT2D eigenvalue weighted by Crippen LogP contribution is 2.22. The first-order chi connectivity index (χ1) is 10.5. The Morgan fingerprint density at radius 3 is 2.64 bits per heavy atom. The van der Waals surface area contributed by atoms with Gasteiger partial charge in [-0.25, -0.2) is 4.79 Å². The summed E-state index contributed by atoms with van der Waals surface area (Å²) in [5, 5.41) is 20.5. The van der Waals surface area contributed by atoms with Gasteiger partial charge in [0.05, 0.1) is 18.4 Å².